The van der Waals surface area contributed by atoms with Gasteiger partial charge in [-0.2, -0.15) is 0 Å². The third-order valence-corrected chi connectivity index (χ3v) is 4.65. The van der Waals surface area contributed by atoms with E-state index in [4.69, 9.17) is 9.47 Å². The van der Waals surface area contributed by atoms with Crippen molar-refractivity contribution < 1.29 is 19.4 Å². The number of rotatable bonds is 13. The van der Waals surface area contributed by atoms with Crippen molar-refractivity contribution in [3.8, 4) is 17.2 Å². The minimum Gasteiger partial charge on any atom is -0.507 e. The molecule has 0 heterocycles. The summed E-state index contributed by atoms with van der Waals surface area (Å²) in [7, 11) is 3.01. The van der Waals surface area contributed by atoms with Gasteiger partial charge in [-0.15, -0.1) is 0 Å². The van der Waals surface area contributed by atoms with Gasteiger partial charge in [0.25, 0.3) is 0 Å². The second kappa shape index (κ2) is 12.2. The van der Waals surface area contributed by atoms with Gasteiger partial charge in [-0.25, -0.2) is 0 Å². The van der Waals surface area contributed by atoms with Gasteiger partial charge in [-0.3, -0.25) is 4.79 Å². The quantitative estimate of drug-likeness (QED) is 0.270. The van der Waals surface area contributed by atoms with Crippen molar-refractivity contribution >= 4 is 21.7 Å². The lowest BCUT2D eigenvalue weighted by Crippen LogP contribution is -2.01. The molecule has 0 saturated carbocycles. The molecule has 5 heteroatoms. The van der Waals surface area contributed by atoms with E-state index in [0.717, 1.165) is 18.2 Å². The van der Waals surface area contributed by atoms with E-state index in [1.165, 1.54) is 58.8 Å². The molecule has 24 heavy (non-hydrogen) atoms. The number of carbonyl (C=O) groups is 1. The number of ketones is 1. The van der Waals surface area contributed by atoms with Gasteiger partial charge in [-0.1, -0.05) is 54.5 Å². The third-order valence-electron chi connectivity index (χ3n) is 4.09. The molecule has 0 unspecified atom stereocenters. The maximum absolute atomic E-state index is 12.3. The average Bonchev–Trinajstić information content (AvgIpc) is 2.59. The van der Waals surface area contributed by atoms with E-state index >= 15 is 0 Å². The summed E-state index contributed by atoms with van der Waals surface area (Å²) >= 11 is 3.44. The van der Waals surface area contributed by atoms with E-state index in [9.17, 15) is 9.90 Å². The van der Waals surface area contributed by atoms with Gasteiger partial charge in [0.05, 0.1) is 19.8 Å². The molecule has 0 aliphatic heterocycles. The number of carbonyl (C=O) groups excluding carboxylic acids is 1. The maximum atomic E-state index is 12.3. The highest BCUT2D eigenvalue weighted by molar-refractivity contribution is 9.09. The Morgan fingerprint density at radius 3 is 1.96 bits per heavy atom. The summed E-state index contributed by atoms with van der Waals surface area (Å²) in [5.74, 6) is 0.781. The Balaban J connectivity index is 2.33. The molecule has 4 nitrogen and oxygen atoms in total. The number of benzene rings is 1. The number of hydrogen-bond acceptors (Lipinski definition) is 4. The van der Waals surface area contributed by atoms with Crippen LogP contribution in [0.2, 0.25) is 0 Å². The van der Waals surface area contributed by atoms with Crippen LogP contribution < -0.4 is 9.47 Å². The Morgan fingerprint density at radius 2 is 1.42 bits per heavy atom. The predicted molar refractivity (Wildman–Crippen MR) is 101 cm³/mol. The number of methoxy groups -OCH3 is 2. The molecule has 0 amide bonds. The van der Waals surface area contributed by atoms with Crippen LogP contribution in [0, 0.1) is 0 Å². The second-order valence-corrected chi connectivity index (χ2v) is 6.71. The summed E-state index contributed by atoms with van der Waals surface area (Å²) in [5, 5.41) is 11.1. The zero-order valence-corrected chi connectivity index (χ0v) is 16.4. The fourth-order valence-corrected chi connectivity index (χ4v) is 3.06. The lowest BCUT2D eigenvalue weighted by Gasteiger charge is -2.11. The molecule has 1 rings (SSSR count). The van der Waals surface area contributed by atoms with Gasteiger partial charge in [0.15, 0.2) is 17.3 Å². The largest absolute Gasteiger partial charge is 0.507 e. The lowest BCUT2D eigenvalue weighted by atomic mass is 10.0. The summed E-state index contributed by atoms with van der Waals surface area (Å²) in [6.45, 7) is 0. The normalized spacial score (nSPS) is 10.6. The van der Waals surface area contributed by atoms with Crippen molar-refractivity contribution in [3.63, 3.8) is 0 Å². The highest BCUT2D eigenvalue weighted by Crippen LogP contribution is 2.34. The van der Waals surface area contributed by atoms with Crippen LogP contribution in [-0.2, 0) is 0 Å². The number of Topliss-reactive ketones (excluding diaryl/α,β-unsaturated/α-hetero) is 1. The van der Waals surface area contributed by atoms with E-state index in [1.54, 1.807) is 6.07 Å². The molecule has 0 aromatic heterocycles. The van der Waals surface area contributed by atoms with E-state index in [1.807, 2.05) is 0 Å². The monoisotopic (exact) mass is 400 g/mol. The van der Waals surface area contributed by atoms with Crippen LogP contribution in [0.25, 0.3) is 0 Å². The highest BCUT2D eigenvalue weighted by Gasteiger charge is 2.16. The summed E-state index contributed by atoms with van der Waals surface area (Å²) in [6, 6.07) is 2.99. The highest BCUT2D eigenvalue weighted by atomic mass is 79.9. The first-order chi connectivity index (χ1) is 11.6. The van der Waals surface area contributed by atoms with E-state index < -0.39 is 0 Å². The molecule has 0 bridgehead atoms. The first kappa shape index (κ1) is 20.8. The van der Waals surface area contributed by atoms with E-state index in [2.05, 4.69) is 15.9 Å². The van der Waals surface area contributed by atoms with Crippen LogP contribution in [0.5, 0.6) is 17.2 Å². The number of hydrogen-bond donors (Lipinski definition) is 1. The molecule has 0 atom stereocenters. The molecule has 1 aromatic rings. The number of halogens is 1. The summed E-state index contributed by atoms with van der Waals surface area (Å²) in [5.41, 5.74) is 0.308. The minimum atomic E-state index is -0.0514. The molecule has 0 aliphatic carbocycles. The van der Waals surface area contributed by atoms with Gasteiger partial charge >= 0.3 is 0 Å². The first-order valence-corrected chi connectivity index (χ1v) is 9.80. The summed E-state index contributed by atoms with van der Waals surface area (Å²) in [6.07, 6.45) is 9.88. The average molecular weight is 401 g/mol. The molecule has 0 fully saturated rings. The smallest absolute Gasteiger partial charge is 0.166 e. The van der Waals surface area contributed by atoms with Gasteiger partial charge in [0.2, 0.25) is 0 Å². The molecule has 136 valence electrons. The van der Waals surface area contributed by atoms with Crippen LogP contribution in [0.15, 0.2) is 12.1 Å². The predicted octanol–water partition coefficient (Wildman–Crippen LogP) is 5.50. The van der Waals surface area contributed by atoms with Crippen LogP contribution in [0.4, 0.5) is 0 Å². The van der Waals surface area contributed by atoms with Crippen LogP contribution in [0.3, 0.4) is 0 Å². The Morgan fingerprint density at radius 1 is 0.917 bits per heavy atom. The number of alkyl halides is 1. The topological polar surface area (TPSA) is 55.8 Å². The van der Waals surface area contributed by atoms with Gasteiger partial charge < -0.3 is 14.6 Å². The molecule has 0 spiro atoms. The SMILES string of the molecule is COc1cc(O)c(C(=O)CCCCCCCCCCBr)cc1OC. The van der Waals surface area contributed by atoms with Crippen LogP contribution in [0.1, 0.15) is 68.1 Å². The lowest BCUT2D eigenvalue weighted by molar-refractivity contribution is 0.0976. The number of ether oxygens (including phenoxy) is 2. The Hall–Kier alpha value is -1.23. The second-order valence-electron chi connectivity index (χ2n) is 5.91. The zero-order chi connectivity index (χ0) is 17.8. The van der Waals surface area contributed by atoms with Crippen molar-refractivity contribution in [2.75, 3.05) is 19.5 Å². The van der Waals surface area contributed by atoms with Gasteiger partial charge in [0.1, 0.15) is 5.75 Å². The third kappa shape index (κ3) is 7.12. The fourth-order valence-electron chi connectivity index (χ4n) is 2.67. The molecule has 0 aliphatic rings. The van der Waals surface area contributed by atoms with Gasteiger partial charge in [-0.05, 0) is 18.9 Å². The molecular formula is C19H29BrO4. The molecule has 1 N–H and O–H groups in total. The van der Waals surface area contributed by atoms with Crippen LogP contribution >= 0.6 is 15.9 Å². The molecule has 0 saturated heterocycles. The fraction of sp³-hybridized carbons (Fsp3) is 0.632. The van der Waals surface area contributed by atoms with Crippen molar-refractivity contribution in [3.05, 3.63) is 17.7 Å². The number of aromatic hydroxyl groups is 1. The number of phenols is 1. The Kier molecular flexibility index (Phi) is 10.6. The van der Waals surface area contributed by atoms with E-state index in [-0.39, 0.29) is 11.5 Å². The van der Waals surface area contributed by atoms with Crippen molar-refractivity contribution in [2.45, 2.75) is 57.8 Å². The summed E-state index contributed by atoms with van der Waals surface area (Å²) < 4.78 is 10.3. The first-order valence-electron chi connectivity index (χ1n) is 8.68. The van der Waals surface area contributed by atoms with E-state index in [0.29, 0.717) is 23.5 Å². The van der Waals surface area contributed by atoms with Crippen molar-refractivity contribution in [1.29, 1.82) is 0 Å². The minimum absolute atomic E-state index is 0.0502. The standard InChI is InChI=1S/C19H29BrO4/c1-23-18-13-15(17(22)14-19(18)24-2)16(21)11-9-7-5-3-4-6-8-10-12-20/h13-14,22H,3-12H2,1-2H3. The van der Waals surface area contributed by atoms with Crippen LogP contribution in [-0.4, -0.2) is 30.4 Å². The summed E-state index contributed by atoms with van der Waals surface area (Å²) in [4.78, 5) is 12.3. The Bertz CT molecular complexity index is 502. The zero-order valence-electron chi connectivity index (χ0n) is 14.8. The molecular weight excluding hydrogens is 372 g/mol. The maximum Gasteiger partial charge on any atom is 0.166 e. The number of unbranched alkanes of at least 4 members (excludes halogenated alkanes) is 7. The molecule has 0 radical (unpaired) electrons. The molecule has 1 aromatic carbocycles. The Labute approximate surface area is 153 Å². The van der Waals surface area contributed by atoms with Gasteiger partial charge in [0, 0.05) is 17.8 Å². The number of phenolic OH excluding ortho intramolecular Hbond substituents is 1. The van der Waals surface area contributed by atoms with Crippen molar-refractivity contribution in [1.82, 2.24) is 0 Å². The van der Waals surface area contributed by atoms with Crippen molar-refractivity contribution in [2.24, 2.45) is 0 Å².